The summed E-state index contributed by atoms with van der Waals surface area (Å²) in [5.41, 5.74) is 4.75. The van der Waals surface area contributed by atoms with E-state index in [0.29, 0.717) is 0 Å². The molecule has 1 nitrogen and oxygen atoms in total. The van der Waals surface area contributed by atoms with Gasteiger partial charge in [0.1, 0.15) is 0 Å². The minimum Gasteiger partial charge on any atom is -0.252 e. The van der Waals surface area contributed by atoms with E-state index in [2.05, 4.69) is 67.0 Å². The van der Waals surface area contributed by atoms with Crippen molar-refractivity contribution in [2.24, 2.45) is 4.99 Å². The molecule has 0 N–H and O–H groups in total. The molecule has 106 valence electrons. The summed E-state index contributed by atoms with van der Waals surface area (Å²) < 4.78 is 0. The van der Waals surface area contributed by atoms with Crippen molar-refractivity contribution in [2.75, 3.05) is 0 Å². The van der Waals surface area contributed by atoms with Crippen LogP contribution in [0.5, 0.6) is 0 Å². The first kappa shape index (κ1) is 14.2. The Kier molecular flexibility index (Phi) is 4.56. The van der Waals surface area contributed by atoms with Crippen molar-refractivity contribution >= 4 is 17.5 Å². The van der Waals surface area contributed by atoms with Crippen molar-refractivity contribution in [3.8, 4) is 0 Å². The van der Waals surface area contributed by atoms with Crippen LogP contribution in [0.25, 0.3) is 0 Å². The molecule has 0 unspecified atom stereocenters. The first-order valence-corrected chi connectivity index (χ1v) is 8.34. The van der Waals surface area contributed by atoms with Crippen LogP contribution >= 0.6 is 11.8 Å². The Balaban J connectivity index is 2.09. The van der Waals surface area contributed by atoms with Crippen molar-refractivity contribution in [3.05, 3.63) is 76.9 Å². The van der Waals surface area contributed by atoms with Crippen LogP contribution in [0.15, 0.2) is 81.2 Å². The minimum atomic E-state index is 0.962. The second kappa shape index (κ2) is 6.77. The van der Waals surface area contributed by atoms with Crippen molar-refractivity contribution in [2.45, 2.75) is 31.1 Å². The van der Waals surface area contributed by atoms with Gasteiger partial charge < -0.3 is 0 Å². The highest BCUT2D eigenvalue weighted by atomic mass is 32.2. The van der Waals surface area contributed by atoms with Crippen LogP contribution in [0.2, 0.25) is 0 Å². The Morgan fingerprint density at radius 2 is 2.10 bits per heavy atom. The van der Waals surface area contributed by atoms with E-state index in [-0.39, 0.29) is 0 Å². The smallest absolute Gasteiger partial charge is 0.0786 e. The van der Waals surface area contributed by atoms with Gasteiger partial charge in [-0.15, -0.1) is 0 Å². The average Bonchev–Trinajstić information content (AvgIpc) is 2.87. The molecule has 0 aromatic heterocycles. The number of rotatable bonds is 3. The topological polar surface area (TPSA) is 12.4 Å². The molecule has 1 heterocycles. The summed E-state index contributed by atoms with van der Waals surface area (Å²) in [7, 11) is 0. The van der Waals surface area contributed by atoms with Crippen LogP contribution in [0.3, 0.4) is 0 Å². The Morgan fingerprint density at radius 1 is 1.19 bits per heavy atom. The molecule has 2 aliphatic rings. The lowest BCUT2D eigenvalue weighted by Gasteiger charge is -2.10. The fourth-order valence-electron chi connectivity index (χ4n) is 2.47. The lowest BCUT2D eigenvalue weighted by Crippen LogP contribution is -2.05. The van der Waals surface area contributed by atoms with Gasteiger partial charge in [0.05, 0.1) is 5.71 Å². The molecule has 1 aromatic carbocycles. The number of aliphatic imine (C=N–C) groups is 1. The van der Waals surface area contributed by atoms with Gasteiger partial charge >= 0.3 is 0 Å². The van der Waals surface area contributed by atoms with Crippen LogP contribution in [-0.4, -0.2) is 5.71 Å². The van der Waals surface area contributed by atoms with Gasteiger partial charge in [0, 0.05) is 16.2 Å². The van der Waals surface area contributed by atoms with E-state index >= 15 is 0 Å². The Bertz CT molecular complexity index is 675. The summed E-state index contributed by atoms with van der Waals surface area (Å²) in [5, 5.41) is 2.20. The lowest BCUT2D eigenvalue weighted by molar-refractivity contribution is 0.896. The van der Waals surface area contributed by atoms with E-state index in [1.807, 2.05) is 0 Å². The van der Waals surface area contributed by atoms with Crippen LogP contribution < -0.4 is 0 Å². The highest BCUT2D eigenvalue weighted by Crippen LogP contribution is 2.32. The number of nitrogens with zero attached hydrogens (tertiary/aromatic N) is 1. The number of hydrogen-bond acceptors (Lipinski definition) is 2. The zero-order valence-corrected chi connectivity index (χ0v) is 13.1. The largest absolute Gasteiger partial charge is 0.252 e. The minimum absolute atomic E-state index is 0.962. The molecule has 0 atom stereocenters. The maximum Gasteiger partial charge on any atom is 0.0786 e. The van der Waals surface area contributed by atoms with Crippen LogP contribution in [0, 0.1) is 0 Å². The highest BCUT2D eigenvalue weighted by Gasteiger charge is 2.16. The molecule has 3 rings (SSSR count). The number of thioether (sulfide) groups is 1. The van der Waals surface area contributed by atoms with Crippen molar-refractivity contribution in [1.82, 2.24) is 0 Å². The average molecular weight is 293 g/mol. The van der Waals surface area contributed by atoms with Crippen molar-refractivity contribution in [1.29, 1.82) is 0 Å². The third-order valence-electron chi connectivity index (χ3n) is 3.50. The molecular weight excluding hydrogens is 274 g/mol. The molecule has 2 heteroatoms. The molecule has 0 bridgehead atoms. The molecule has 0 amide bonds. The number of fused-ring (bicyclic) bond motifs is 1. The first-order chi connectivity index (χ1) is 10.4. The fraction of sp³-hybridized carbons (Fsp3) is 0.211. The monoisotopic (exact) mass is 293 g/mol. The van der Waals surface area contributed by atoms with Gasteiger partial charge in [-0.2, -0.15) is 0 Å². The second-order valence-corrected chi connectivity index (χ2v) is 6.03. The predicted octanol–water partition coefficient (Wildman–Crippen LogP) is 5.67. The van der Waals surface area contributed by atoms with Gasteiger partial charge in [-0.25, -0.2) is 0 Å². The summed E-state index contributed by atoms with van der Waals surface area (Å²) in [6.45, 7) is 2.20. The van der Waals surface area contributed by atoms with Crippen LogP contribution in [-0.2, 0) is 0 Å². The summed E-state index contributed by atoms with van der Waals surface area (Å²) in [5.74, 6) is 0. The molecule has 1 aromatic rings. The number of hydrogen-bond donors (Lipinski definition) is 0. The molecule has 0 saturated carbocycles. The molecule has 1 aliphatic carbocycles. The molecule has 1 aliphatic heterocycles. The summed E-state index contributed by atoms with van der Waals surface area (Å²) in [6.07, 6.45) is 13.9. The van der Waals surface area contributed by atoms with Gasteiger partial charge in [0.25, 0.3) is 0 Å². The maximum atomic E-state index is 4.98. The summed E-state index contributed by atoms with van der Waals surface area (Å²) in [4.78, 5) is 6.27. The molecule has 0 fully saturated rings. The molecule has 0 radical (unpaired) electrons. The Labute approximate surface area is 130 Å². The molecule has 21 heavy (non-hydrogen) atoms. The zero-order valence-electron chi connectivity index (χ0n) is 12.3. The Morgan fingerprint density at radius 3 is 3.00 bits per heavy atom. The summed E-state index contributed by atoms with van der Waals surface area (Å²) >= 11 is 1.79. The van der Waals surface area contributed by atoms with E-state index in [9.17, 15) is 0 Å². The maximum absolute atomic E-state index is 4.98. The van der Waals surface area contributed by atoms with Gasteiger partial charge in [-0.1, -0.05) is 73.7 Å². The number of benzene rings is 1. The van der Waals surface area contributed by atoms with E-state index in [4.69, 9.17) is 4.99 Å². The Hall–Kier alpha value is -1.80. The molecule has 0 saturated heterocycles. The lowest BCUT2D eigenvalue weighted by atomic mass is 10.0. The van der Waals surface area contributed by atoms with E-state index in [1.165, 1.54) is 21.7 Å². The van der Waals surface area contributed by atoms with E-state index in [1.54, 1.807) is 11.8 Å². The van der Waals surface area contributed by atoms with Gasteiger partial charge in [-0.3, -0.25) is 4.99 Å². The highest BCUT2D eigenvalue weighted by molar-refractivity contribution is 8.02. The van der Waals surface area contributed by atoms with Crippen LogP contribution in [0.1, 0.15) is 31.7 Å². The predicted molar refractivity (Wildman–Crippen MR) is 92.8 cm³/mol. The molecular formula is C19H19NS. The SMILES string of the molecule is CCCC1=CSc2ccccc2C(C2=CCC=CC=C2)=N1. The van der Waals surface area contributed by atoms with Crippen LogP contribution in [0.4, 0.5) is 0 Å². The molecule has 0 spiro atoms. The van der Waals surface area contributed by atoms with E-state index < -0.39 is 0 Å². The fourth-order valence-corrected chi connectivity index (χ4v) is 3.36. The number of allylic oxidation sites excluding steroid dienone is 7. The first-order valence-electron chi connectivity index (χ1n) is 7.46. The second-order valence-electron chi connectivity index (χ2n) is 5.12. The summed E-state index contributed by atoms with van der Waals surface area (Å²) in [6, 6.07) is 8.55. The van der Waals surface area contributed by atoms with Gasteiger partial charge in [-0.05, 0) is 29.9 Å². The van der Waals surface area contributed by atoms with Crippen molar-refractivity contribution in [3.63, 3.8) is 0 Å². The quantitative estimate of drug-likeness (QED) is 0.700. The normalized spacial score (nSPS) is 17.3. The third-order valence-corrected chi connectivity index (χ3v) is 4.50. The van der Waals surface area contributed by atoms with E-state index in [0.717, 1.165) is 25.0 Å². The van der Waals surface area contributed by atoms with Gasteiger partial charge in [0.15, 0.2) is 0 Å². The standard InChI is InChI=1S/C19H19NS/c1-2-9-16-14-21-18-13-8-7-12-17(18)19(20-16)15-10-5-3-4-6-11-15/h3-5,7-8,10-14H,2,6,9H2,1H3. The van der Waals surface area contributed by atoms with Crippen molar-refractivity contribution < 1.29 is 0 Å². The zero-order chi connectivity index (χ0) is 14.5. The third kappa shape index (κ3) is 3.27. The van der Waals surface area contributed by atoms with Gasteiger partial charge in [0.2, 0.25) is 0 Å².